The molecule has 0 aliphatic carbocycles. The van der Waals surface area contributed by atoms with Crippen LogP contribution in [0, 0.1) is 37.5 Å². The fourth-order valence-corrected chi connectivity index (χ4v) is 5.15. The van der Waals surface area contributed by atoms with E-state index in [-0.39, 0.29) is 5.78 Å². The van der Waals surface area contributed by atoms with Gasteiger partial charge in [0.2, 0.25) is 0 Å². The number of hydrogen-bond acceptors (Lipinski definition) is 11. The lowest BCUT2D eigenvalue weighted by Gasteiger charge is -2.15. The number of nitrogen functional groups attached to an aromatic ring is 2. The Morgan fingerprint density at radius 3 is 1.98 bits per heavy atom. The van der Waals surface area contributed by atoms with Crippen molar-refractivity contribution in [3.63, 3.8) is 0 Å². The highest BCUT2D eigenvalue weighted by Crippen LogP contribution is 2.26. The summed E-state index contributed by atoms with van der Waals surface area (Å²) in [6.07, 6.45) is 4.52. The van der Waals surface area contributed by atoms with E-state index in [0.29, 0.717) is 38.8 Å². The van der Waals surface area contributed by atoms with Gasteiger partial charge in [0.1, 0.15) is 11.4 Å². The summed E-state index contributed by atoms with van der Waals surface area (Å²) in [6, 6.07) is 21.5. The maximum Gasteiger partial charge on any atom is 0.379 e. The number of hydrogen-bond donors (Lipinski definition) is 2. The lowest BCUT2D eigenvalue weighted by molar-refractivity contribution is -0.135. The van der Waals surface area contributed by atoms with Crippen molar-refractivity contribution in [1.29, 1.82) is 0 Å². The van der Waals surface area contributed by atoms with Crippen molar-refractivity contribution in [2.24, 2.45) is 4.99 Å². The van der Waals surface area contributed by atoms with Gasteiger partial charge in [0, 0.05) is 29.7 Å². The Hall–Kier alpha value is -6.39. The summed E-state index contributed by atoms with van der Waals surface area (Å²) >= 11 is 2.27. The van der Waals surface area contributed by atoms with E-state index >= 15 is 0 Å². The zero-order chi connectivity index (χ0) is 41.2. The first-order valence-electron chi connectivity index (χ1n) is 17.4. The summed E-state index contributed by atoms with van der Waals surface area (Å²) in [4.78, 5) is 47.2. The smallest absolute Gasteiger partial charge is 0.379 e. The number of ketones is 2. The van der Waals surface area contributed by atoms with Crippen LogP contribution in [-0.4, -0.2) is 63.5 Å². The van der Waals surface area contributed by atoms with E-state index in [1.165, 1.54) is 17.8 Å². The molecular weight excluding hydrogens is 821 g/mol. The summed E-state index contributed by atoms with van der Waals surface area (Å²) < 4.78 is 8.03. The lowest BCUT2D eigenvalue weighted by Crippen LogP contribution is -2.23. The van der Waals surface area contributed by atoms with Crippen LogP contribution >= 0.6 is 22.6 Å². The fourth-order valence-electron chi connectivity index (χ4n) is 4.84. The van der Waals surface area contributed by atoms with Crippen LogP contribution in [0.3, 0.4) is 0 Å². The number of carbonyl (C=O) groups is 3. The Balaban J connectivity index is 0.000000208. The number of carbonyl (C=O) groups excluding carboxylic acids is 3. The first-order chi connectivity index (χ1) is 26.8. The van der Waals surface area contributed by atoms with Gasteiger partial charge in [-0.15, -0.1) is 17.8 Å². The van der Waals surface area contributed by atoms with E-state index in [4.69, 9.17) is 11.5 Å². The van der Waals surface area contributed by atoms with Crippen LogP contribution in [0.2, 0.25) is 0 Å². The number of anilines is 2. The van der Waals surface area contributed by atoms with Crippen LogP contribution in [0.4, 0.5) is 17.2 Å². The van der Waals surface area contributed by atoms with Crippen LogP contribution in [0.25, 0.3) is 11.3 Å². The van der Waals surface area contributed by atoms with E-state index in [1.54, 1.807) is 41.0 Å². The number of aryl methyl sites for hydroxylation is 2. The van der Waals surface area contributed by atoms with E-state index in [9.17, 15) is 14.4 Å². The third-order valence-electron chi connectivity index (χ3n) is 7.33. The molecule has 0 radical (unpaired) electrons. The van der Waals surface area contributed by atoms with Crippen molar-refractivity contribution in [1.82, 2.24) is 29.2 Å². The Morgan fingerprint density at radius 1 is 0.893 bits per heavy atom. The molecule has 1 aliphatic heterocycles. The van der Waals surface area contributed by atoms with Gasteiger partial charge in [0.15, 0.2) is 22.9 Å². The highest BCUT2D eigenvalue weighted by Gasteiger charge is 2.24. The molecule has 56 heavy (non-hydrogen) atoms. The number of benzene rings is 2. The number of alkyl halides is 1. The Bertz CT molecular complexity index is 2430. The molecule has 7 rings (SSSR count). The molecule has 2 aromatic carbocycles. The minimum Gasteiger partial charge on any atom is -0.463 e. The molecule has 14 heteroatoms. The Kier molecular flexibility index (Phi) is 17.4. The van der Waals surface area contributed by atoms with Gasteiger partial charge in [-0.3, -0.25) is 9.59 Å². The highest BCUT2D eigenvalue weighted by molar-refractivity contribution is 14.1. The molecule has 0 spiro atoms. The van der Waals surface area contributed by atoms with Crippen LogP contribution in [-0.2, 0) is 20.7 Å². The summed E-state index contributed by atoms with van der Waals surface area (Å²) in [5, 5.41) is 8.51. The summed E-state index contributed by atoms with van der Waals surface area (Å²) in [6.45, 7) is 11.6. The number of halogens is 1. The number of fused-ring (bicyclic) bond motifs is 4. The standard InChI is InChI=1S/C16H12N4O.C9H8O3.C7H9N5.C5H7I.C5H8/c1-10-7-15-17-9-12-13(20(15)19-10)8-14(21)16(18-12)11-5-3-2-4-6-11;1-12-9(11)8(10)7-5-3-2-4-6-7;1-4-2-6-10-3-5(8)7(9)12(6)11-4;1-3-4-5(2)6;1-3-5-4-2/h2-7,9H,8H2,1H3;2-6H,1H3;2-3H,8-9H2,1H3;5H,1-2H3;3H2,1-2H3. The number of esters is 1. The molecule has 6 aromatic rings. The molecule has 1 aliphatic rings. The van der Waals surface area contributed by atoms with E-state index in [1.807, 2.05) is 77.1 Å². The van der Waals surface area contributed by atoms with Gasteiger partial charge in [-0.05, 0) is 34.6 Å². The molecular formula is C42H44IN9O4. The van der Waals surface area contributed by atoms with Gasteiger partial charge in [-0.25, -0.2) is 24.3 Å². The maximum absolute atomic E-state index is 12.4. The van der Waals surface area contributed by atoms with Crippen molar-refractivity contribution in [2.75, 3.05) is 18.6 Å². The Morgan fingerprint density at radius 2 is 1.46 bits per heavy atom. The predicted octanol–water partition coefficient (Wildman–Crippen LogP) is 6.78. The number of rotatable bonds is 3. The monoisotopic (exact) mass is 865 g/mol. The van der Waals surface area contributed by atoms with Crippen LogP contribution in [0.15, 0.2) is 90.2 Å². The molecule has 4 N–H and O–H groups in total. The molecule has 4 aromatic heterocycles. The van der Waals surface area contributed by atoms with Gasteiger partial charge < -0.3 is 16.2 Å². The molecule has 1 atom stereocenters. The second-order valence-corrected chi connectivity index (χ2v) is 13.6. The number of aromatic nitrogens is 6. The van der Waals surface area contributed by atoms with E-state index < -0.39 is 11.8 Å². The van der Waals surface area contributed by atoms with Gasteiger partial charge in [-0.2, -0.15) is 14.7 Å². The van der Waals surface area contributed by atoms with Gasteiger partial charge in [0.25, 0.3) is 5.78 Å². The number of methoxy groups -OCH3 is 1. The van der Waals surface area contributed by atoms with Crippen molar-refractivity contribution >= 4 is 74.3 Å². The predicted molar refractivity (Wildman–Crippen MR) is 229 cm³/mol. The summed E-state index contributed by atoms with van der Waals surface area (Å²) in [5.74, 6) is 10.4. The van der Waals surface area contributed by atoms with Crippen molar-refractivity contribution in [2.45, 2.75) is 58.3 Å². The van der Waals surface area contributed by atoms with Crippen LogP contribution < -0.4 is 11.5 Å². The van der Waals surface area contributed by atoms with Crippen molar-refractivity contribution in [3.05, 3.63) is 113 Å². The van der Waals surface area contributed by atoms with Gasteiger partial charge >= 0.3 is 5.97 Å². The Labute approximate surface area is 340 Å². The average molecular weight is 866 g/mol. The molecule has 1 unspecified atom stereocenters. The second kappa shape index (κ2) is 22.1. The van der Waals surface area contributed by atoms with E-state index in [2.05, 4.69) is 83.1 Å². The molecule has 288 valence electrons. The minimum atomic E-state index is -0.832. The molecule has 0 saturated carbocycles. The third-order valence-corrected chi connectivity index (χ3v) is 7.64. The SMILES string of the molecule is CC#CC(C)I.CC#CCC.COC(=O)C(=O)c1ccccc1.Cc1cc2ncc(N)c(N)n2n1.Cc1cc2ncc3c(n2n1)CC(=O)C(c1ccccc1)=N3. The number of Topliss-reactive ketones (excluding diaryl/α,β-unsaturated/α-hetero) is 2. The number of ether oxygens (including phenoxy) is 1. The quantitative estimate of drug-likeness (QED) is 0.0480. The fraction of sp³-hybridized carbons (Fsp3) is 0.238. The van der Waals surface area contributed by atoms with E-state index in [0.717, 1.165) is 40.4 Å². The maximum atomic E-state index is 12.4. The average Bonchev–Trinajstić information content (AvgIpc) is 3.79. The zero-order valence-corrected chi connectivity index (χ0v) is 34.5. The van der Waals surface area contributed by atoms with Crippen molar-refractivity contribution < 1.29 is 19.1 Å². The summed E-state index contributed by atoms with van der Waals surface area (Å²) in [5.41, 5.74) is 18.1. The molecule has 0 bridgehead atoms. The second-order valence-electron chi connectivity index (χ2n) is 11.7. The lowest BCUT2D eigenvalue weighted by atomic mass is 10.00. The topological polar surface area (TPSA) is 185 Å². The highest BCUT2D eigenvalue weighted by atomic mass is 127. The largest absolute Gasteiger partial charge is 0.463 e. The molecule has 0 fully saturated rings. The van der Waals surface area contributed by atoms with Crippen LogP contribution in [0.1, 0.15) is 67.1 Å². The third kappa shape index (κ3) is 12.6. The van der Waals surface area contributed by atoms with Gasteiger partial charge in [0.05, 0.1) is 52.6 Å². The number of nitrogens with zero attached hydrogens (tertiary/aromatic N) is 7. The number of nitrogens with two attached hydrogens (primary N) is 2. The first-order valence-corrected chi connectivity index (χ1v) is 18.6. The first kappa shape index (κ1) is 44.0. The van der Waals surface area contributed by atoms with Crippen molar-refractivity contribution in [3.8, 4) is 23.7 Å². The van der Waals surface area contributed by atoms with Crippen LogP contribution in [0.5, 0.6) is 0 Å². The molecule has 0 amide bonds. The van der Waals surface area contributed by atoms with Gasteiger partial charge in [-0.1, -0.05) is 96.1 Å². The molecule has 13 nitrogen and oxygen atoms in total. The molecule has 5 heterocycles. The normalized spacial score (nSPS) is 11.3. The minimum absolute atomic E-state index is 0.00866. The molecule has 0 saturated heterocycles. The zero-order valence-electron chi connectivity index (χ0n) is 32.4. The summed E-state index contributed by atoms with van der Waals surface area (Å²) in [7, 11) is 1.18. The number of aliphatic imine (C=N–C) groups is 1.